The number of nitrogens with one attached hydrogen (secondary N) is 1. The van der Waals surface area contributed by atoms with Gasteiger partial charge in [-0.3, -0.25) is 9.59 Å². The Bertz CT molecular complexity index is 1090. The summed E-state index contributed by atoms with van der Waals surface area (Å²) in [6.07, 6.45) is -0.810. The fourth-order valence-electron chi connectivity index (χ4n) is 2.78. The highest BCUT2D eigenvalue weighted by molar-refractivity contribution is 5.94. The van der Waals surface area contributed by atoms with E-state index in [-0.39, 0.29) is 17.3 Å². The summed E-state index contributed by atoms with van der Waals surface area (Å²) >= 11 is 0. The van der Waals surface area contributed by atoms with Crippen LogP contribution in [0.1, 0.15) is 25.0 Å². The van der Waals surface area contributed by atoms with Crippen molar-refractivity contribution in [3.8, 4) is 17.3 Å². The highest BCUT2D eigenvalue weighted by Gasteiger charge is 2.16. The van der Waals surface area contributed by atoms with Gasteiger partial charge in [0.05, 0.1) is 12.3 Å². The van der Waals surface area contributed by atoms with Crippen LogP contribution in [-0.2, 0) is 4.79 Å². The van der Waals surface area contributed by atoms with Crippen molar-refractivity contribution in [3.63, 3.8) is 0 Å². The van der Waals surface area contributed by atoms with Crippen LogP contribution >= 0.6 is 0 Å². The van der Waals surface area contributed by atoms with E-state index in [9.17, 15) is 9.59 Å². The Morgan fingerprint density at radius 1 is 1.07 bits per heavy atom. The fraction of sp³-hybridized carbons (Fsp3) is 0.261. The summed E-state index contributed by atoms with van der Waals surface area (Å²) in [5.74, 6) is 0.588. The number of anilines is 1. The number of aryl methyl sites for hydroxylation is 2. The van der Waals surface area contributed by atoms with Gasteiger partial charge in [-0.15, -0.1) is 5.10 Å². The number of hydrogen-bond acceptors (Lipinski definition) is 5. The molecule has 1 atom stereocenters. The smallest absolute Gasteiger partial charge is 0.271 e. The largest absolute Gasteiger partial charge is 0.494 e. The van der Waals surface area contributed by atoms with Crippen molar-refractivity contribution in [1.82, 2.24) is 9.78 Å². The van der Waals surface area contributed by atoms with E-state index in [2.05, 4.69) is 10.4 Å². The topological polar surface area (TPSA) is 82.5 Å². The zero-order valence-corrected chi connectivity index (χ0v) is 17.5. The van der Waals surface area contributed by atoms with Gasteiger partial charge in [0.1, 0.15) is 5.75 Å². The van der Waals surface area contributed by atoms with Crippen LogP contribution in [0.25, 0.3) is 5.69 Å². The molecule has 0 saturated carbocycles. The molecule has 3 aromatic rings. The molecule has 0 aliphatic carbocycles. The maximum absolute atomic E-state index is 12.5. The molecular weight excluding hydrogens is 382 g/mol. The average Bonchev–Trinajstić information content (AvgIpc) is 2.73. The first-order valence-corrected chi connectivity index (χ1v) is 9.75. The first-order valence-electron chi connectivity index (χ1n) is 9.75. The Kier molecular flexibility index (Phi) is 6.51. The second-order valence-electron chi connectivity index (χ2n) is 6.90. The van der Waals surface area contributed by atoms with E-state index in [0.29, 0.717) is 18.0 Å². The molecule has 1 unspecified atom stereocenters. The predicted molar refractivity (Wildman–Crippen MR) is 116 cm³/mol. The standard InChI is InChI=1S/C23H25N3O4/c1-5-29-20-10-7-18(8-11-20)24-23(28)17(4)30-21-12-13-22(27)26(25-21)19-9-6-15(2)16(3)14-19/h6-14,17H,5H2,1-4H3,(H,24,28). The molecule has 30 heavy (non-hydrogen) atoms. The summed E-state index contributed by atoms with van der Waals surface area (Å²) in [5.41, 5.74) is 3.17. The Morgan fingerprint density at radius 2 is 1.80 bits per heavy atom. The monoisotopic (exact) mass is 407 g/mol. The minimum atomic E-state index is -0.810. The third-order valence-electron chi connectivity index (χ3n) is 4.61. The second-order valence-corrected chi connectivity index (χ2v) is 6.90. The zero-order chi connectivity index (χ0) is 21.7. The fourth-order valence-corrected chi connectivity index (χ4v) is 2.78. The molecule has 0 aliphatic rings. The van der Waals surface area contributed by atoms with Crippen LogP contribution in [0.2, 0.25) is 0 Å². The lowest BCUT2D eigenvalue weighted by molar-refractivity contribution is -0.122. The molecule has 0 aliphatic heterocycles. The van der Waals surface area contributed by atoms with Crippen LogP contribution in [0.15, 0.2) is 59.4 Å². The van der Waals surface area contributed by atoms with Crippen molar-refractivity contribution in [2.24, 2.45) is 0 Å². The molecule has 2 aromatic carbocycles. The molecule has 0 spiro atoms. The Morgan fingerprint density at radius 3 is 2.47 bits per heavy atom. The van der Waals surface area contributed by atoms with Gasteiger partial charge in [-0.25, -0.2) is 0 Å². The number of carbonyl (C=O) groups is 1. The molecule has 1 amide bonds. The van der Waals surface area contributed by atoms with E-state index in [0.717, 1.165) is 16.9 Å². The lowest BCUT2D eigenvalue weighted by Gasteiger charge is -2.15. The summed E-state index contributed by atoms with van der Waals surface area (Å²) in [7, 11) is 0. The first-order chi connectivity index (χ1) is 14.4. The highest BCUT2D eigenvalue weighted by Crippen LogP contribution is 2.17. The van der Waals surface area contributed by atoms with Crippen molar-refractivity contribution in [1.29, 1.82) is 0 Å². The molecule has 0 radical (unpaired) electrons. The summed E-state index contributed by atoms with van der Waals surface area (Å²) in [5, 5.41) is 7.05. The van der Waals surface area contributed by atoms with Crippen molar-refractivity contribution in [2.45, 2.75) is 33.8 Å². The maximum atomic E-state index is 12.5. The van der Waals surface area contributed by atoms with Crippen molar-refractivity contribution in [2.75, 3.05) is 11.9 Å². The van der Waals surface area contributed by atoms with Gasteiger partial charge in [0.25, 0.3) is 11.5 Å². The van der Waals surface area contributed by atoms with Gasteiger partial charge in [0.2, 0.25) is 5.88 Å². The van der Waals surface area contributed by atoms with Crippen molar-refractivity contribution >= 4 is 11.6 Å². The predicted octanol–water partition coefficient (Wildman–Crippen LogP) is 3.65. The molecule has 7 heteroatoms. The van der Waals surface area contributed by atoms with Crippen LogP contribution in [0, 0.1) is 13.8 Å². The third-order valence-corrected chi connectivity index (χ3v) is 4.61. The van der Waals surface area contributed by atoms with E-state index < -0.39 is 6.10 Å². The molecule has 156 valence electrons. The molecule has 0 saturated heterocycles. The lowest BCUT2D eigenvalue weighted by Crippen LogP contribution is -2.31. The summed E-state index contributed by atoms with van der Waals surface area (Å²) in [6, 6.07) is 15.5. The van der Waals surface area contributed by atoms with Gasteiger partial charge in [0, 0.05) is 17.8 Å². The van der Waals surface area contributed by atoms with Gasteiger partial charge in [0.15, 0.2) is 6.10 Å². The number of hydrogen-bond donors (Lipinski definition) is 1. The average molecular weight is 407 g/mol. The van der Waals surface area contributed by atoms with E-state index in [1.54, 1.807) is 31.2 Å². The number of amides is 1. The molecule has 1 aromatic heterocycles. The molecule has 7 nitrogen and oxygen atoms in total. The lowest BCUT2D eigenvalue weighted by atomic mass is 10.1. The second kappa shape index (κ2) is 9.26. The van der Waals surface area contributed by atoms with E-state index in [1.165, 1.54) is 16.8 Å². The molecule has 1 heterocycles. The van der Waals surface area contributed by atoms with Crippen molar-refractivity contribution < 1.29 is 14.3 Å². The summed E-state index contributed by atoms with van der Waals surface area (Å²) in [6.45, 7) is 8.08. The normalized spacial score (nSPS) is 11.6. The number of aromatic nitrogens is 2. The quantitative estimate of drug-likeness (QED) is 0.646. The molecule has 0 fully saturated rings. The van der Waals surface area contributed by atoms with Crippen LogP contribution in [0.5, 0.6) is 11.6 Å². The van der Waals surface area contributed by atoms with Gasteiger partial charge < -0.3 is 14.8 Å². The SMILES string of the molecule is CCOc1ccc(NC(=O)C(C)Oc2ccc(=O)n(-c3ccc(C)c(C)c3)n2)cc1. The van der Waals surface area contributed by atoms with Crippen LogP contribution in [0.4, 0.5) is 5.69 Å². The van der Waals surface area contributed by atoms with Crippen LogP contribution in [0.3, 0.4) is 0 Å². The van der Waals surface area contributed by atoms with Crippen molar-refractivity contribution in [3.05, 3.63) is 76.1 Å². The number of ether oxygens (including phenoxy) is 2. The van der Waals surface area contributed by atoms with Crippen LogP contribution < -0.4 is 20.3 Å². The Balaban J connectivity index is 1.71. The number of benzene rings is 2. The minimum Gasteiger partial charge on any atom is -0.494 e. The zero-order valence-electron chi connectivity index (χ0n) is 17.5. The van der Waals surface area contributed by atoms with Gasteiger partial charge in [-0.2, -0.15) is 4.68 Å². The number of carbonyl (C=O) groups excluding carboxylic acids is 1. The van der Waals surface area contributed by atoms with E-state index >= 15 is 0 Å². The molecular formula is C23H25N3O4. The van der Waals surface area contributed by atoms with E-state index in [4.69, 9.17) is 9.47 Å². The van der Waals surface area contributed by atoms with E-state index in [1.807, 2.05) is 39.0 Å². The van der Waals surface area contributed by atoms with Gasteiger partial charge >= 0.3 is 0 Å². The summed E-state index contributed by atoms with van der Waals surface area (Å²) in [4.78, 5) is 24.7. The summed E-state index contributed by atoms with van der Waals surface area (Å²) < 4.78 is 12.3. The number of rotatable bonds is 7. The minimum absolute atomic E-state index is 0.183. The Labute approximate surface area is 175 Å². The van der Waals surface area contributed by atoms with Crippen LogP contribution in [-0.4, -0.2) is 28.4 Å². The van der Waals surface area contributed by atoms with Gasteiger partial charge in [-0.1, -0.05) is 6.07 Å². The number of nitrogens with zero attached hydrogens (tertiary/aromatic N) is 2. The van der Waals surface area contributed by atoms with Gasteiger partial charge in [-0.05, 0) is 75.2 Å². The highest BCUT2D eigenvalue weighted by atomic mass is 16.5. The Hall–Kier alpha value is -3.61. The molecule has 3 rings (SSSR count). The first kappa shape index (κ1) is 21.1. The molecule has 1 N–H and O–H groups in total. The molecule has 0 bridgehead atoms. The third kappa shape index (κ3) is 5.05. The maximum Gasteiger partial charge on any atom is 0.271 e.